The van der Waals surface area contributed by atoms with E-state index in [0.29, 0.717) is 31.1 Å². The predicted molar refractivity (Wildman–Crippen MR) is 72.2 cm³/mol. The van der Waals surface area contributed by atoms with Crippen molar-refractivity contribution in [3.63, 3.8) is 0 Å². The molecule has 0 aromatic rings. The first-order chi connectivity index (χ1) is 8.22. The highest BCUT2D eigenvalue weighted by molar-refractivity contribution is 8.00. The number of ether oxygens (including phenoxy) is 1. The van der Waals surface area contributed by atoms with E-state index in [1.54, 1.807) is 6.92 Å². The van der Waals surface area contributed by atoms with Gasteiger partial charge in [-0.2, -0.15) is 0 Å². The highest BCUT2D eigenvalue weighted by atomic mass is 32.2. The molecular formula is C13H24F2O2S. The van der Waals surface area contributed by atoms with Crippen molar-refractivity contribution in [2.45, 2.75) is 58.1 Å². The first-order valence-corrected chi connectivity index (χ1v) is 7.43. The van der Waals surface area contributed by atoms with Crippen LogP contribution in [0.25, 0.3) is 0 Å². The Bertz CT molecular complexity index is 240. The van der Waals surface area contributed by atoms with E-state index in [0.717, 1.165) is 6.92 Å². The first kappa shape index (κ1) is 17.7. The molecule has 5 heteroatoms. The Morgan fingerprint density at radius 2 is 1.89 bits per heavy atom. The number of halogens is 2. The molecule has 0 saturated heterocycles. The van der Waals surface area contributed by atoms with Crippen molar-refractivity contribution >= 4 is 17.7 Å². The fourth-order valence-electron chi connectivity index (χ4n) is 1.23. The Balaban J connectivity index is 3.58. The van der Waals surface area contributed by atoms with Crippen LogP contribution < -0.4 is 0 Å². The van der Waals surface area contributed by atoms with Gasteiger partial charge in [-0.05, 0) is 38.4 Å². The van der Waals surface area contributed by atoms with Gasteiger partial charge in [-0.1, -0.05) is 13.8 Å². The van der Waals surface area contributed by atoms with Gasteiger partial charge in [0.05, 0.1) is 11.9 Å². The molecule has 1 unspecified atom stereocenters. The standard InChI is InChI=1S/C13H24F2O2S/c1-10(2)9-17-12(16)11(3)18-8-6-5-7-13(4,14)15/h10-11H,5-9H2,1-4H3. The average Bonchev–Trinajstić information content (AvgIpc) is 2.23. The lowest BCUT2D eigenvalue weighted by Crippen LogP contribution is -2.19. The summed E-state index contributed by atoms with van der Waals surface area (Å²) < 4.78 is 30.2. The van der Waals surface area contributed by atoms with Gasteiger partial charge in [0.25, 0.3) is 0 Å². The molecule has 1 atom stereocenters. The summed E-state index contributed by atoms with van der Waals surface area (Å²) in [6, 6.07) is 0. The predicted octanol–water partition coefficient (Wildman–Crippen LogP) is 4.13. The van der Waals surface area contributed by atoms with Crippen LogP contribution in [0.5, 0.6) is 0 Å². The SMILES string of the molecule is CC(C)COC(=O)C(C)SCCCCC(C)(F)F. The summed E-state index contributed by atoms with van der Waals surface area (Å²) in [7, 11) is 0. The van der Waals surface area contributed by atoms with Gasteiger partial charge in [-0.25, -0.2) is 8.78 Å². The van der Waals surface area contributed by atoms with E-state index >= 15 is 0 Å². The van der Waals surface area contributed by atoms with Crippen molar-refractivity contribution in [1.29, 1.82) is 0 Å². The third kappa shape index (κ3) is 10.8. The minimum Gasteiger partial charge on any atom is -0.465 e. The summed E-state index contributed by atoms with van der Waals surface area (Å²) in [4.78, 5) is 11.5. The molecule has 0 rings (SSSR count). The number of unbranched alkanes of at least 4 members (excludes halogenated alkanes) is 1. The number of rotatable bonds is 9. The maximum atomic E-state index is 12.5. The monoisotopic (exact) mass is 282 g/mol. The summed E-state index contributed by atoms with van der Waals surface area (Å²) in [5.41, 5.74) is 0. The largest absolute Gasteiger partial charge is 0.465 e. The lowest BCUT2D eigenvalue weighted by atomic mass is 10.2. The number of hydrogen-bond donors (Lipinski definition) is 0. The first-order valence-electron chi connectivity index (χ1n) is 6.38. The maximum absolute atomic E-state index is 12.5. The Morgan fingerprint density at radius 1 is 1.28 bits per heavy atom. The normalized spacial score (nSPS) is 13.7. The molecule has 0 amide bonds. The van der Waals surface area contributed by atoms with Crippen LogP contribution >= 0.6 is 11.8 Å². The second-order valence-corrected chi connectivity index (χ2v) is 6.51. The molecule has 0 spiro atoms. The van der Waals surface area contributed by atoms with E-state index in [1.165, 1.54) is 11.8 Å². The highest BCUT2D eigenvalue weighted by Gasteiger charge is 2.20. The van der Waals surface area contributed by atoms with Gasteiger partial charge < -0.3 is 4.74 Å². The summed E-state index contributed by atoms with van der Waals surface area (Å²) >= 11 is 1.47. The molecular weight excluding hydrogens is 258 g/mol. The van der Waals surface area contributed by atoms with E-state index in [2.05, 4.69) is 0 Å². The molecule has 0 aliphatic heterocycles. The second kappa shape index (κ2) is 8.73. The lowest BCUT2D eigenvalue weighted by Gasteiger charge is -2.13. The zero-order valence-electron chi connectivity index (χ0n) is 11.7. The van der Waals surface area contributed by atoms with Gasteiger partial charge in [-0.15, -0.1) is 11.8 Å². The molecule has 0 aromatic heterocycles. The van der Waals surface area contributed by atoms with Crippen molar-refractivity contribution in [2.75, 3.05) is 12.4 Å². The molecule has 0 fully saturated rings. The van der Waals surface area contributed by atoms with Gasteiger partial charge in [0.1, 0.15) is 0 Å². The smallest absolute Gasteiger partial charge is 0.318 e. The molecule has 2 nitrogen and oxygen atoms in total. The average molecular weight is 282 g/mol. The second-order valence-electron chi connectivity index (χ2n) is 5.06. The molecule has 0 saturated carbocycles. The Labute approximate surface area is 113 Å². The molecule has 0 heterocycles. The summed E-state index contributed by atoms with van der Waals surface area (Å²) in [5, 5.41) is -0.217. The van der Waals surface area contributed by atoms with E-state index < -0.39 is 5.92 Å². The molecule has 0 N–H and O–H groups in total. The van der Waals surface area contributed by atoms with Crippen molar-refractivity contribution < 1.29 is 18.3 Å². The number of carbonyl (C=O) groups is 1. The fourth-order valence-corrected chi connectivity index (χ4v) is 2.16. The fraction of sp³-hybridized carbons (Fsp3) is 0.923. The molecule has 0 radical (unpaired) electrons. The number of thioether (sulfide) groups is 1. The number of esters is 1. The van der Waals surface area contributed by atoms with Crippen molar-refractivity contribution in [3.8, 4) is 0 Å². The summed E-state index contributed by atoms with van der Waals surface area (Å²) in [6.45, 7) is 7.13. The third-order valence-electron chi connectivity index (χ3n) is 2.27. The maximum Gasteiger partial charge on any atom is 0.318 e. The van der Waals surface area contributed by atoms with Crippen LogP contribution in [0.15, 0.2) is 0 Å². The van der Waals surface area contributed by atoms with Gasteiger partial charge >= 0.3 is 5.97 Å². The van der Waals surface area contributed by atoms with Crippen LogP contribution in [-0.2, 0) is 9.53 Å². The van der Waals surface area contributed by atoms with E-state index in [4.69, 9.17) is 4.74 Å². The van der Waals surface area contributed by atoms with Crippen molar-refractivity contribution in [2.24, 2.45) is 5.92 Å². The van der Waals surface area contributed by atoms with Crippen molar-refractivity contribution in [1.82, 2.24) is 0 Å². The van der Waals surface area contributed by atoms with Crippen LogP contribution in [0.4, 0.5) is 8.78 Å². The molecule has 0 aliphatic rings. The van der Waals surface area contributed by atoms with E-state index in [-0.39, 0.29) is 17.6 Å². The zero-order valence-corrected chi connectivity index (χ0v) is 12.5. The van der Waals surface area contributed by atoms with E-state index in [1.807, 2.05) is 13.8 Å². The lowest BCUT2D eigenvalue weighted by molar-refractivity contribution is -0.143. The Morgan fingerprint density at radius 3 is 2.39 bits per heavy atom. The molecule has 0 aliphatic carbocycles. The minimum absolute atomic E-state index is 0.0836. The van der Waals surface area contributed by atoms with Crippen LogP contribution in [0.3, 0.4) is 0 Å². The summed E-state index contributed by atoms with van der Waals surface area (Å²) in [6.07, 6.45) is 1.11. The number of alkyl halides is 2. The zero-order chi connectivity index (χ0) is 14.2. The molecule has 108 valence electrons. The number of hydrogen-bond acceptors (Lipinski definition) is 3. The Kier molecular flexibility index (Phi) is 8.57. The molecule has 0 bridgehead atoms. The van der Waals surface area contributed by atoms with Crippen LogP contribution in [0, 0.1) is 5.92 Å². The van der Waals surface area contributed by atoms with Crippen LogP contribution in [0.1, 0.15) is 47.0 Å². The summed E-state index contributed by atoms with van der Waals surface area (Å²) in [5.74, 6) is -1.74. The van der Waals surface area contributed by atoms with Gasteiger partial charge in [0, 0.05) is 6.42 Å². The van der Waals surface area contributed by atoms with E-state index in [9.17, 15) is 13.6 Å². The van der Waals surface area contributed by atoms with Gasteiger partial charge in [-0.3, -0.25) is 4.79 Å². The molecule has 18 heavy (non-hydrogen) atoms. The van der Waals surface area contributed by atoms with Crippen LogP contribution in [0.2, 0.25) is 0 Å². The third-order valence-corrected chi connectivity index (χ3v) is 3.49. The molecule has 0 aromatic carbocycles. The number of carbonyl (C=O) groups excluding carboxylic acids is 1. The van der Waals surface area contributed by atoms with Gasteiger partial charge in [0.2, 0.25) is 5.92 Å². The minimum atomic E-state index is -2.58. The quantitative estimate of drug-likeness (QED) is 0.470. The van der Waals surface area contributed by atoms with Gasteiger partial charge in [0.15, 0.2) is 0 Å². The highest BCUT2D eigenvalue weighted by Crippen LogP contribution is 2.21. The Hall–Kier alpha value is -0.320. The van der Waals surface area contributed by atoms with Crippen LogP contribution in [-0.4, -0.2) is 29.5 Å². The topological polar surface area (TPSA) is 26.3 Å². The van der Waals surface area contributed by atoms with Crippen molar-refractivity contribution in [3.05, 3.63) is 0 Å².